The average Bonchev–Trinajstić information content (AvgIpc) is 3.15. The van der Waals surface area contributed by atoms with Crippen LogP contribution in [0.3, 0.4) is 0 Å². The zero-order valence-electron chi connectivity index (χ0n) is 12.5. The van der Waals surface area contributed by atoms with E-state index in [9.17, 15) is 4.39 Å². The maximum Gasteiger partial charge on any atom is 0.126 e. The Hall–Kier alpha value is -0.930. The first-order valence-electron chi connectivity index (χ1n) is 7.90. The summed E-state index contributed by atoms with van der Waals surface area (Å²) in [6.07, 6.45) is 5.16. The molecule has 2 atom stereocenters. The van der Waals surface area contributed by atoms with Crippen molar-refractivity contribution in [2.45, 2.75) is 57.7 Å². The number of halogens is 1. The molecule has 1 saturated carbocycles. The maximum atomic E-state index is 13.8. The molecule has 0 radical (unpaired) electrons. The van der Waals surface area contributed by atoms with Crippen LogP contribution in [0.1, 0.15) is 49.8 Å². The first-order valence-corrected chi connectivity index (χ1v) is 7.90. The topological polar surface area (TPSA) is 15.3 Å². The molecular formula is C17H25FN2. The molecule has 1 N–H and O–H groups in total. The first-order chi connectivity index (χ1) is 9.65. The van der Waals surface area contributed by atoms with E-state index in [0.29, 0.717) is 18.1 Å². The van der Waals surface area contributed by atoms with Gasteiger partial charge in [-0.25, -0.2) is 4.39 Å². The predicted octanol–water partition coefficient (Wildman–Crippen LogP) is 3.41. The summed E-state index contributed by atoms with van der Waals surface area (Å²) in [4.78, 5) is 2.58. The first kappa shape index (κ1) is 14.0. The number of hydrogen-bond acceptors (Lipinski definition) is 2. The zero-order valence-corrected chi connectivity index (χ0v) is 12.5. The Morgan fingerprint density at radius 1 is 1.35 bits per heavy atom. The van der Waals surface area contributed by atoms with Crippen molar-refractivity contribution in [3.8, 4) is 0 Å². The summed E-state index contributed by atoms with van der Waals surface area (Å²) in [5.41, 5.74) is 1.84. The summed E-state index contributed by atoms with van der Waals surface area (Å²) in [5.74, 6) is -0.0795. The molecule has 20 heavy (non-hydrogen) atoms. The molecule has 2 nitrogen and oxygen atoms in total. The smallest absolute Gasteiger partial charge is 0.126 e. The third-order valence-corrected chi connectivity index (χ3v) is 4.79. The minimum atomic E-state index is -0.0795. The predicted molar refractivity (Wildman–Crippen MR) is 80.3 cm³/mol. The van der Waals surface area contributed by atoms with Crippen molar-refractivity contribution in [2.75, 3.05) is 13.1 Å². The van der Waals surface area contributed by atoms with Crippen LogP contribution in [0, 0.1) is 12.7 Å². The van der Waals surface area contributed by atoms with Crippen LogP contribution < -0.4 is 5.32 Å². The van der Waals surface area contributed by atoms with Gasteiger partial charge in [0.25, 0.3) is 0 Å². The molecule has 3 rings (SSSR count). The molecular weight excluding hydrogens is 251 g/mol. The van der Waals surface area contributed by atoms with Gasteiger partial charge in [-0.05, 0) is 63.3 Å². The van der Waals surface area contributed by atoms with Crippen molar-refractivity contribution < 1.29 is 4.39 Å². The molecule has 3 heteroatoms. The summed E-state index contributed by atoms with van der Waals surface area (Å²) in [6, 6.07) is 7.34. The Balaban J connectivity index is 1.73. The highest BCUT2D eigenvalue weighted by atomic mass is 19.1. The molecule has 1 aliphatic heterocycles. The number of nitrogens with one attached hydrogen (secondary N) is 1. The largest absolute Gasteiger partial charge is 0.313 e. The van der Waals surface area contributed by atoms with E-state index in [0.717, 1.165) is 24.2 Å². The SMILES string of the molecule is Cc1ccc(C(C)N(CC2CCCN2)C2CC2)cc1F. The van der Waals surface area contributed by atoms with Gasteiger partial charge in [0.1, 0.15) is 5.82 Å². The third kappa shape index (κ3) is 3.04. The molecule has 1 aliphatic carbocycles. The van der Waals surface area contributed by atoms with E-state index in [1.165, 1.54) is 25.7 Å². The van der Waals surface area contributed by atoms with Gasteiger partial charge in [-0.15, -0.1) is 0 Å². The molecule has 1 aromatic rings. The Morgan fingerprint density at radius 2 is 2.15 bits per heavy atom. The lowest BCUT2D eigenvalue weighted by Gasteiger charge is -2.32. The average molecular weight is 276 g/mol. The maximum absolute atomic E-state index is 13.8. The van der Waals surface area contributed by atoms with Crippen LogP contribution in [-0.4, -0.2) is 30.1 Å². The normalized spacial score (nSPS) is 24.3. The number of aryl methyl sites for hydroxylation is 1. The molecule has 110 valence electrons. The quantitative estimate of drug-likeness (QED) is 0.886. The van der Waals surface area contributed by atoms with Crippen LogP contribution in [0.2, 0.25) is 0 Å². The molecule has 1 heterocycles. The lowest BCUT2D eigenvalue weighted by molar-refractivity contribution is 0.182. The van der Waals surface area contributed by atoms with E-state index in [1.807, 2.05) is 13.0 Å². The minimum absolute atomic E-state index is 0.0795. The van der Waals surface area contributed by atoms with Crippen LogP contribution in [0.15, 0.2) is 18.2 Å². The fourth-order valence-corrected chi connectivity index (χ4v) is 3.26. The Kier molecular flexibility index (Phi) is 4.08. The number of benzene rings is 1. The van der Waals surface area contributed by atoms with Gasteiger partial charge in [-0.1, -0.05) is 12.1 Å². The van der Waals surface area contributed by atoms with E-state index >= 15 is 0 Å². The second-order valence-corrected chi connectivity index (χ2v) is 6.41. The van der Waals surface area contributed by atoms with Crippen LogP contribution >= 0.6 is 0 Å². The van der Waals surface area contributed by atoms with E-state index in [2.05, 4.69) is 23.2 Å². The van der Waals surface area contributed by atoms with Gasteiger partial charge in [0, 0.05) is 24.7 Å². The van der Waals surface area contributed by atoms with E-state index < -0.39 is 0 Å². The monoisotopic (exact) mass is 276 g/mol. The summed E-state index contributed by atoms with van der Waals surface area (Å²) in [6.45, 7) is 6.29. The number of nitrogens with zero attached hydrogens (tertiary/aromatic N) is 1. The minimum Gasteiger partial charge on any atom is -0.313 e. The molecule has 1 aromatic carbocycles. The van der Waals surface area contributed by atoms with Crippen molar-refractivity contribution in [3.63, 3.8) is 0 Å². The highest BCUT2D eigenvalue weighted by Gasteiger charge is 2.34. The highest BCUT2D eigenvalue weighted by molar-refractivity contribution is 5.26. The summed E-state index contributed by atoms with van der Waals surface area (Å²) < 4.78 is 13.8. The molecule has 2 unspecified atom stereocenters. The molecule has 2 aliphatic rings. The van der Waals surface area contributed by atoms with Gasteiger partial charge in [0.05, 0.1) is 0 Å². The molecule has 0 spiro atoms. The van der Waals surface area contributed by atoms with Crippen molar-refractivity contribution in [1.82, 2.24) is 10.2 Å². The molecule has 0 bridgehead atoms. The molecule has 0 aromatic heterocycles. The number of hydrogen-bond donors (Lipinski definition) is 1. The summed E-state index contributed by atoms with van der Waals surface area (Å²) in [5, 5.41) is 3.58. The Labute approximate surface area is 121 Å². The molecule has 0 amide bonds. The Morgan fingerprint density at radius 3 is 2.75 bits per heavy atom. The zero-order chi connectivity index (χ0) is 14.1. The van der Waals surface area contributed by atoms with Gasteiger partial charge < -0.3 is 5.32 Å². The number of rotatable bonds is 5. The van der Waals surface area contributed by atoms with E-state index in [1.54, 1.807) is 6.07 Å². The van der Waals surface area contributed by atoms with Gasteiger partial charge in [0.15, 0.2) is 0 Å². The van der Waals surface area contributed by atoms with Crippen LogP contribution in [0.5, 0.6) is 0 Å². The van der Waals surface area contributed by atoms with Crippen LogP contribution in [-0.2, 0) is 0 Å². The molecule has 2 fully saturated rings. The lowest BCUT2D eigenvalue weighted by Crippen LogP contribution is -2.40. The standard InChI is InChI=1S/C17H25FN2/c1-12-5-6-14(10-17(12)18)13(2)20(16-7-8-16)11-15-4-3-9-19-15/h5-6,10,13,15-16,19H,3-4,7-9,11H2,1-2H3. The molecule has 1 saturated heterocycles. The van der Waals surface area contributed by atoms with Gasteiger partial charge >= 0.3 is 0 Å². The van der Waals surface area contributed by atoms with Crippen molar-refractivity contribution in [1.29, 1.82) is 0 Å². The van der Waals surface area contributed by atoms with Crippen molar-refractivity contribution >= 4 is 0 Å². The fraction of sp³-hybridized carbons (Fsp3) is 0.647. The lowest BCUT2D eigenvalue weighted by atomic mass is 10.0. The summed E-state index contributed by atoms with van der Waals surface area (Å²) in [7, 11) is 0. The second kappa shape index (κ2) is 5.82. The Bertz CT molecular complexity index is 464. The van der Waals surface area contributed by atoms with Gasteiger partial charge in [0.2, 0.25) is 0 Å². The van der Waals surface area contributed by atoms with E-state index in [-0.39, 0.29) is 5.82 Å². The van der Waals surface area contributed by atoms with Crippen LogP contribution in [0.25, 0.3) is 0 Å². The fourth-order valence-electron chi connectivity index (χ4n) is 3.26. The second-order valence-electron chi connectivity index (χ2n) is 6.41. The highest BCUT2D eigenvalue weighted by Crippen LogP contribution is 2.35. The van der Waals surface area contributed by atoms with E-state index in [4.69, 9.17) is 0 Å². The third-order valence-electron chi connectivity index (χ3n) is 4.79. The van der Waals surface area contributed by atoms with Crippen LogP contribution in [0.4, 0.5) is 4.39 Å². The van der Waals surface area contributed by atoms with Gasteiger partial charge in [-0.3, -0.25) is 4.90 Å². The van der Waals surface area contributed by atoms with Gasteiger partial charge in [-0.2, -0.15) is 0 Å². The van der Waals surface area contributed by atoms with Crippen molar-refractivity contribution in [3.05, 3.63) is 35.1 Å². The van der Waals surface area contributed by atoms with Crippen molar-refractivity contribution in [2.24, 2.45) is 0 Å². The summed E-state index contributed by atoms with van der Waals surface area (Å²) >= 11 is 0.